The van der Waals surface area contributed by atoms with Crippen LogP contribution in [0.2, 0.25) is 0 Å². The van der Waals surface area contributed by atoms with E-state index < -0.39 is 12.0 Å². The predicted octanol–water partition coefficient (Wildman–Crippen LogP) is 4.36. The van der Waals surface area contributed by atoms with Gasteiger partial charge >= 0.3 is 12.0 Å². The molecule has 1 saturated carbocycles. The molecule has 3 amide bonds. The minimum absolute atomic E-state index is 0.0725. The summed E-state index contributed by atoms with van der Waals surface area (Å²) in [7, 11) is 1.27. The maximum atomic E-state index is 13.8. The van der Waals surface area contributed by atoms with E-state index in [0.29, 0.717) is 18.7 Å². The summed E-state index contributed by atoms with van der Waals surface area (Å²) in [6.45, 7) is 2.07. The van der Waals surface area contributed by atoms with Crippen LogP contribution in [0.3, 0.4) is 0 Å². The van der Waals surface area contributed by atoms with Crippen LogP contribution in [0.1, 0.15) is 47.5 Å². The fourth-order valence-corrected chi connectivity index (χ4v) is 4.95. The molecule has 9 nitrogen and oxygen atoms in total. The summed E-state index contributed by atoms with van der Waals surface area (Å²) in [6.07, 6.45) is 3.21. The Morgan fingerprint density at radius 1 is 1.09 bits per heavy atom. The molecule has 1 aromatic heterocycles. The van der Waals surface area contributed by atoms with Crippen LogP contribution >= 0.6 is 0 Å². The van der Waals surface area contributed by atoms with Crippen LogP contribution < -0.4 is 4.90 Å². The van der Waals surface area contributed by atoms with E-state index in [9.17, 15) is 14.4 Å². The van der Waals surface area contributed by atoms with Crippen LogP contribution in [0.15, 0.2) is 53.1 Å². The quantitative estimate of drug-likeness (QED) is 0.506. The van der Waals surface area contributed by atoms with Gasteiger partial charge in [0.1, 0.15) is 6.54 Å². The fraction of sp³-hybridized carbons (Fsp3) is 0.346. The van der Waals surface area contributed by atoms with Gasteiger partial charge in [-0.2, -0.15) is 4.98 Å². The number of hydrogen-bond donors (Lipinski definition) is 0. The van der Waals surface area contributed by atoms with Gasteiger partial charge in [0.05, 0.1) is 24.3 Å². The second-order valence-corrected chi connectivity index (χ2v) is 8.93. The molecular weight excluding hydrogens is 448 g/mol. The van der Waals surface area contributed by atoms with E-state index in [1.807, 2.05) is 31.2 Å². The highest BCUT2D eigenvalue weighted by molar-refractivity contribution is 6.19. The predicted molar refractivity (Wildman–Crippen MR) is 126 cm³/mol. The molecule has 2 aromatic carbocycles. The van der Waals surface area contributed by atoms with Crippen LogP contribution in [0.5, 0.6) is 0 Å². The number of carbonyl (C=O) groups excluding carboxylic acids is 3. The number of para-hydroxylation sites is 1. The number of anilines is 1. The van der Waals surface area contributed by atoms with E-state index in [0.717, 1.165) is 28.9 Å². The lowest BCUT2D eigenvalue weighted by molar-refractivity contribution is -0.127. The van der Waals surface area contributed by atoms with Gasteiger partial charge in [-0.05, 0) is 31.9 Å². The number of nitrogens with zero attached hydrogens (tertiary/aromatic N) is 4. The first kappa shape index (κ1) is 22.8. The number of amides is 3. The van der Waals surface area contributed by atoms with Gasteiger partial charge in [0.2, 0.25) is 17.6 Å². The van der Waals surface area contributed by atoms with E-state index >= 15 is 0 Å². The van der Waals surface area contributed by atoms with Gasteiger partial charge in [0.25, 0.3) is 0 Å². The third kappa shape index (κ3) is 4.18. The van der Waals surface area contributed by atoms with Crippen molar-refractivity contribution in [3.05, 3.63) is 65.5 Å². The molecule has 0 spiro atoms. The Hall–Kier alpha value is -4.01. The molecule has 0 N–H and O–H groups in total. The summed E-state index contributed by atoms with van der Waals surface area (Å²) in [5, 5.41) is 4.09. The number of carbonyl (C=O) groups is 3. The number of rotatable bonds is 5. The van der Waals surface area contributed by atoms with E-state index in [4.69, 9.17) is 9.26 Å². The van der Waals surface area contributed by atoms with Gasteiger partial charge in [0.15, 0.2) is 0 Å². The molecule has 5 rings (SSSR count). The number of methoxy groups -OCH3 is 1. The minimum atomic E-state index is -0.613. The summed E-state index contributed by atoms with van der Waals surface area (Å²) >= 11 is 0. The van der Waals surface area contributed by atoms with Gasteiger partial charge in [0, 0.05) is 11.6 Å². The lowest BCUT2D eigenvalue weighted by Crippen LogP contribution is -2.62. The van der Waals surface area contributed by atoms with Gasteiger partial charge in [-0.15, -0.1) is 0 Å². The molecule has 3 aromatic rings. The molecule has 2 aliphatic rings. The lowest BCUT2D eigenvalue weighted by atomic mass is 9.81. The molecule has 2 fully saturated rings. The second-order valence-electron chi connectivity index (χ2n) is 8.93. The second kappa shape index (κ2) is 9.32. The zero-order chi connectivity index (χ0) is 24.5. The average molecular weight is 475 g/mol. The number of urea groups is 1. The van der Waals surface area contributed by atoms with Gasteiger partial charge < -0.3 is 14.2 Å². The fourth-order valence-electron chi connectivity index (χ4n) is 4.95. The molecule has 1 saturated heterocycles. The maximum absolute atomic E-state index is 13.8. The first-order chi connectivity index (χ1) is 17.0. The number of esters is 1. The maximum Gasteiger partial charge on any atom is 0.339 e. The number of aryl methyl sites for hydroxylation is 1. The van der Waals surface area contributed by atoms with Crippen molar-refractivity contribution < 1.29 is 23.6 Å². The van der Waals surface area contributed by atoms with Crippen molar-refractivity contribution in [3.8, 4) is 11.4 Å². The number of imide groups is 1. The molecule has 1 aliphatic heterocycles. The Morgan fingerprint density at radius 3 is 2.60 bits per heavy atom. The highest BCUT2D eigenvalue weighted by Crippen LogP contribution is 2.38. The SMILES string of the molecule is COC(=O)c1ccccc1N1C(=O)C2CCCCC2N(Cc2nc(-c3ccc(C)cc3)no2)C1=O. The Morgan fingerprint density at radius 2 is 1.83 bits per heavy atom. The van der Waals surface area contributed by atoms with Gasteiger partial charge in [-0.3, -0.25) is 4.79 Å². The van der Waals surface area contributed by atoms with Crippen LogP contribution in [0.4, 0.5) is 10.5 Å². The zero-order valence-corrected chi connectivity index (χ0v) is 19.6. The third-order valence-electron chi connectivity index (χ3n) is 6.74. The number of benzene rings is 2. The first-order valence-electron chi connectivity index (χ1n) is 11.7. The minimum Gasteiger partial charge on any atom is -0.465 e. The number of aromatic nitrogens is 2. The molecule has 9 heteroatoms. The molecular formula is C26H26N4O5. The summed E-state index contributed by atoms with van der Waals surface area (Å²) in [4.78, 5) is 46.9. The topological polar surface area (TPSA) is 106 Å². The molecule has 1 aliphatic carbocycles. The summed E-state index contributed by atoms with van der Waals surface area (Å²) in [5.74, 6) is -0.551. The van der Waals surface area contributed by atoms with Crippen molar-refractivity contribution in [2.24, 2.45) is 5.92 Å². The Kier molecular flexibility index (Phi) is 6.07. The molecule has 2 unspecified atom stereocenters. The van der Waals surface area contributed by atoms with E-state index in [-0.39, 0.29) is 41.6 Å². The summed E-state index contributed by atoms with van der Waals surface area (Å²) < 4.78 is 10.4. The third-order valence-corrected chi connectivity index (χ3v) is 6.74. The normalized spacial score (nSPS) is 20.1. The molecule has 35 heavy (non-hydrogen) atoms. The van der Waals surface area contributed by atoms with Crippen LogP contribution in [0, 0.1) is 12.8 Å². The van der Waals surface area contributed by atoms with E-state index in [1.54, 1.807) is 29.2 Å². The van der Waals surface area contributed by atoms with E-state index in [1.165, 1.54) is 7.11 Å². The van der Waals surface area contributed by atoms with Crippen molar-refractivity contribution in [2.45, 2.75) is 45.2 Å². The van der Waals surface area contributed by atoms with Crippen molar-refractivity contribution in [1.82, 2.24) is 15.0 Å². The highest BCUT2D eigenvalue weighted by atomic mass is 16.5. The number of hydrogen-bond acceptors (Lipinski definition) is 7. The van der Waals surface area contributed by atoms with E-state index in [2.05, 4.69) is 10.1 Å². The van der Waals surface area contributed by atoms with Crippen molar-refractivity contribution in [1.29, 1.82) is 0 Å². The zero-order valence-electron chi connectivity index (χ0n) is 19.6. The Bertz CT molecular complexity index is 1270. The molecule has 180 valence electrons. The van der Waals surface area contributed by atoms with Crippen LogP contribution in [0.25, 0.3) is 11.4 Å². The number of fused-ring (bicyclic) bond motifs is 1. The standard InChI is InChI=1S/C26H26N4O5/c1-16-11-13-17(14-12-16)23-27-22(35-28-23)15-29-20-9-5-3-7-18(20)24(31)30(26(29)33)21-10-6-4-8-19(21)25(32)34-2/h4,6,8,10-14,18,20H,3,5,7,9,15H2,1-2H3. The van der Waals surface area contributed by atoms with Crippen molar-refractivity contribution >= 4 is 23.6 Å². The highest BCUT2D eigenvalue weighted by Gasteiger charge is 2.48. The molecule has 2 heterocycles. The monoisotopic (exact) mass is 474 g/mol. The van der Waals surface area contributed by atoms with Crippen LogP contribution in [-0.4, -0.2) is 46.1 Å². The van der Waals surface area contributed by atoms with Gasteiger partial charge in [-0.25, -0.2) is 14.5 Å². The first-order valence-corrected chi connectivity index (χ1v) is 11.7. The summed E-state index contributed by atoms with van der Waals surface area (Å²) in [5.41, 5.74) is 2.31. The lowest BCUT2D eigenvalue weighted by Gasteiger charge is -2.46. The largest absolute Gasteiger partial charge is 0.465 e. The van der Waals surface area contributed by atoms with Crippen LogP contribution in [-0.2, 0) is 16.1 Å². The smallest absolute Gasteiger partial charge is 0.339 e. The Balaban J connectivity index is 1.49. The van der Waals surface area contributed by atoms with Crippen molar-refractivity contribution in [3.63, 3.8) is 0 Å². The molecule has 0 radical (unpaired) electrons. The average Bonchev–Trinajstić information content (AvgIpc) is 3.35. The number of ether oxygens (including phenoxy) is 1. The summed E-state index contributed by atoms with van der Waals surface area (Å²) in [6, 6.07) is 13.5. The molecule has 0 bridgehead atoms. The Labute approximate surface area is 202 Å². The molecule has 2 atom stereocenters. The van der Waals surface area contributed by atoms with Gasteiger partial charge in [-0.1, -0.05) is 60.0 Å². The van der Waals surface area contributed by atoms with Crippen molar-refractivity contribution in [2.75, 3.05) is 12.0 Å².